The standard InChI is InChI=1S/C8H7N3OS/c1-2-9-6-11-7(1)12-5-8-10-3-4-13-8/h1-4,6H,5H2. The van der Waals surface area contributed by atoms with Crippen molar-refractivity contribution in [3.8, 4) is 5.88 Å². The summed E-state index contributed by atoms with van der Waals surface area (Å²) in [4.78, 5) is 11.8. The summed E-state index contributed by atoms with van der Waals surface area (Å²) in [6, 6.07) is 1.72. The lowest BCUT2D eigenvalue weighted by atomic mass is 10.6. The molecule has 0 aliphatic heterocycles. The van der Waals surface area contributed by atoms with E-state index >= 15 is 0 Å². The minimum atomic E-state index is 0.467. The maximum Gasteiger partial charge on any atom is 0.216 e. The Balaban J connectivity index is 1.94. The number of hydrogen-bond acceptors (Lipinski definition) is 5. The molecule has 5 heteroatoms. The Morgan fingerprint density at radius 1 is 1.31 bits per heavy atom. The topological polar surface area (TPSA) is 47.9 Å². The van der Waals surface area contributed by atoms with Crippen LogP contribution >= 0.6 is 11.3 Å². The van der Waals surface area contributed by atoms with E-state index < -0.39 is 0 Å². The highest BCUT2D eigenvalue weighted by Crippen LogP contribution is 2.08. The number of hydrogen-bond donors (Lipinski definition) is 0. The van der Waals surface area contributed by atoms with Crippen LogP contribution in [0.3, 0.4) is 0 Å². The van der Waals surface area contributed by atoms with Crippen molar-refractivity contribution in [2.75, 3.05) is 0 Å². The molecular formula is C8H7N3OS. The van der Waals surface area contributed by atoms with E-state index in [0.717, 1.165) is 5.01 Å². The van der Waals surface area contributed by atoms with Gasteiger partial charge in [0, 0.05) is 23.8 Å². The van der Waals surface area contributed by atoms with Crippen molar-refractivity contribution in [3.05, 3.63) is 35.2 Å². The first-order valence-electron chi connectivity index (χ1n) is 3.72. The van der Waals surface area contributed by atoms with Gasteiger partial charge in [-0.25, -0.2) is 15.0 Å². The lowest BCUT2D eigenvalue weighted by molar-refractivity contribution is 0.292. The van der Waals surface area contributed by atoms with Crippen LogP contribution < -0.4 is 4.74 Å². The summed E-state index contributed by atoms with van der Waals surface area (Å²) in [5.41, 5.74) is 0. The van der Waals surface area contributed by atoms with Crippen molar-refractivity contribution in [2.24, 2.45) is 0 Å². The van der Waals surface area contributed by atoms with E-state index in [1.54, 1.807) is 29.8 Å². The Kier molecular flexibility index (Phi) is 2.47. The van der Waals surface area contributed by atoms with Crippen LogP contribution in [0.25, 0.3) is 0 Å². The fraction of sp³-hybridized carbons (Fsp3) is 0.125. The van der Waals surface area contributed by atoms with Gasteiger partial charge in [-0.3, -0.25) is 0 Å². The zero-order valence-corrected chi connectivity index (χ0v) is 7.57. The Morgan fingerprint density at radius 2 is 2.31 bits per heavy atom. The Labute approximate surface area is 79.3 Å². The van der Waals surface area contributed by atoms with Crippen LogP contribution in [-0.2, 0) is 6.61 Å². The largest absolute Gasteiger partial charge is 0.470 e. The van der Waals surface area contributed by atoms with Crippen LogP contribution in [0, 0.1) is 0 Å². The molecule has 0 aliphatic rings. The molecular weight excluding hydrogens is 186 g/mol. The third kappa shape index (κ3) is 2.22. The molecule has 0 N–H and O–H groups in total. The van der Waals surface area contributed by atoms with Crippen LogP contribution in [0.5, 0.6) is 5.88 Å². The number of nitrogens with zero attached hydrogens (tertiary/aromatic N) is 3. The Morgan fingerprint density at radius 3 is 3.00 bits per heavy atom. The maximum atomic E-state index is 5.35. The molecule has 0 bridgehead atoms. The monoisotopic (exact) mass is 193 g/mol. The molecule has 0 amide bonds. The molecule has 0 saturated carbocycles. The van der Waals surface area contributed by atoms with E-state index in [4.69, 9.17) is 4.74 Å². The predicted molar refractivity (Wildman–Crippen MR) is 48.5 cm³/mol. The summed E-state index contributed by atoms with van der Waals surface area (Å²) in [5.74, 6) is 0.574. The number of aromatic nitrogens is 3. The predicted octanol–water partition coefficient (Wildman–Crippen LogP) is 1.51. The smallest absolute Gasteiger partial charge is 0.216 e. The molecule has 66 valence electrons. The number of thiazole rings is 1. The average molecular weight is 193 g/mol. The average Bonchev–Trinajstić information content (AvgIpc) is 2.69. The molecule has 0 atom stereocenters. The molecule has 0 spiro atoms. The molecule has 0 saturated heterocycles. The van der Waals surface area contributed by atoms with E-state index in [1.807, 2.05) is 5.38 Å². The minimum absolute atomic E-state index is 0.467. The second-order valence-corrected chi connectivity index (χ2v) is 3.24. The van der Waals surface area contributed by atoms with Gasteiger partial charge in [0.15, 0.2) is 0 Å². The number of rotatable bonds is 3. The van der Waals surface area contributed by atoms with Crippen molar-refractivity contribution >= 4 is 11.3 Å². The van der Waals surface area contributed by atoms with Gasteiger partial charge in [-0.1, -0.05) is 0 Å². The van der Waals surface area contributed by atoms with E-state index in [1.165, 1.54) is 6.33 Å². The SMILES string of the molecule is c1cc(OCc2nccs2)ncn1. The molecule has 0 fully saturated rings. The van der Waals surface area contributed by atoms with Crippen molar-refractivity contribution in [2.45, 2.75) is 6.61 Å². The zero-order chi connectivity index (χ0) is 8.93. The van der Waals surface area contributed by atoms with E-state index in [0.29, 0.717) is 12.5 Å². The van der Waals surface area contributed by atoms with Crippen LogP contribution in [0.1, 0.15) is 5.01 Å². The molecule has 4 nitrogen and oxygen atoms in total. The van der Waals surface area contributed by atoms with Gasteiger partial charge in [0.05, 0.1) is 0 Å². The quantitative estimate of drug-likeness (QED) is 0.741. The highest BCUT2D eigenvalue weighted by Gasteiger charge is 1.97. The normalized spacial score (nSPS) is 9.85. The molecule has 2 rings (SSSR count). The summed E-state index contributed by atoms with van der Waals surface area (Å²) in [5, 5.41) is 2.86. The van der Waals surface area contributed by atoms with Crippen LogP contribution in [-0.4, -0.2) is 15.0 Å². The first-order valence-corrected chi connectivity index (χ1v) is 4.60. The van der Waals surface area contributed by atoms with Crippen molar-refractivity contribution in [1.82, 2.24) is 15.0 Å². The van der Waals surface area contributed by atoms with Gasteiger partial charge in [0.25, 0.3) is 0 Å². The highest BCUT2D eigenvalue weighted by atomic mass is 32.1. The second-order valence-electron chi connectivity index (χ2n) is 2.26. The van der Waals surface area contributed by atoms with Crippen LogP contribution in [0.15, 0.2) is 30.2 Å². The van der Waals surface area contributed by atoms with Gasteiger partial charge in [-0.2, -0.15) is 0 Å². The van der Waals surface area contributed by atoms with Crippen molar-refractivity contribution < 1.29 is 4.74 Å². The van der Waals surface area contributed by atoms with Crippen LogP contribution in [0.2, 0.25) is 0 Å². The molecule has 2 heterocycles. The summed E-state index contributed by atoms with van der Waals surface area (Å²) < 4.78 is 5.35. The van der Waals surface area contributed by atoms with Gasteiger partial charge >= 0.3 is 0 Å². The first kappa shape index (κ1) is 8.12. The summed E-state index contributed by atoms with van der Waals surface area (Å²) >= 11 is 1.56. The van der Waals surface area contributed by atoms with Crippen LogP contribution in [0.4, 0.5) is 0 Å². The summed E-state index contributed by atoms with van der Waals surface area (Å²) in [7, 11) is 0. The first-order chi connectivity index (χ1) is 6.45. The maximum absolute atomic E-state index is 5.35. The minimum Gasteiger partial charge on any atom is -0.470 e. The zero-order valence-electron chi connectivity index (χ0n) is 6.75. The number of ether oxygens (including phenoxy) is 1. The lowest BCUT2D eigenvalue weighted by Gasteiger charge is -2.00. The second kappa shape index (κ2) is 3.95. The third-order valence-electron chi connectivity index (χ3n) is 1.38. The third-order valence-corrected chi connectivity index (χ3v) is 2.13. The Bertz CT molecular complexity index is 349. The van der Waals surface area contributed by atoms with E-state index in [9.17, 15) is 0 Å². The fourth-order valence-electron chi connectivity index (χ4n) is 0.824. The van der Waals surface area contributed by atoms with Gasteiger partial charge in [0.2, 0.25) is 5.88 Å². The molecule has 0 unspecified atom stereocenters. The van der Waals surface area contributed by atoms with Gasteiger partial charge in [-0.05, 0) is 0 Å². The van der Waals surface area contributed by atoms with Gasteiger partial charge in [0.1, 0.15) is 17.9 Å². The van der Waals surface area contributed by atoms with Crippen molar-refractivity contribution in [3.63, 3.8) is 0 Å². The summed E-state index contributed by atoms with van der Waals surface area (Å²) in [6.45, 7) is 0.467. The molecule has 2 aromatic rings. The van der Waals surface area contributed by atoms with Crippen molar-refractivity contribution in [1.29, 1.82) is 0 Å². The Hall–Kier alpha value is -1.49. The molecule has 2 aromatic heterocycles. The van der Waals surface area contributed by atoms with Gasteiger partial charge in [-0.15, -0.1) is 11.3 Å². The van der Waals surface area contributed by atoms with E-state index in [2.05, 4.69) is 15.0 Å². The lowest BCUT2D eigenvalue weighted by Crippen LogP contribution is -1.96. The van der Waals surface area contributed by atoms with E-state index in [-0.39, 0.29) is 0 Å². The highest BCUT2D eigenvalue weighted by molar-refractivity contribution is 7.09. The van der Waals surface area contributed by atoms with Gasteiger partial charge < -0.3 is 4.74 Å². The molecule has 13 heavy (non-hydrogen) atoms. The summed E-state index contributed by atoms with van der Waals surface area (Å²) in [6.07, 6.45) is 4.85. The fourth-order valence-corrected chi connectivity index (χ4v) is 1.35. The molecule has 0 aromatic carbocycles. The molecule has 0 aliphatic carbocycles. The molecule has 0 radical (unpaired) electrons.